The second-order valence-electron chi connectivity index (χ2n) is 8.14. The van der Waals surface area contributed by atoms with Crippen LogP contribution in [0, 0.1) is 0 Å². The Hall–Kier alpha value is -2.45. The van der Waals surface area contributed by atoms with Crippen LogP contribution in [-0.4, -0.2) is 75.4 Å². The topological polar surface area (TPSA) is 102 Å². The zero-order valence-corrected chi connectivity index (χ0v) is 16.8. The summed E-state index contributed by atoms with van der Waals surface area (Å²) in [6.07, 6.45) is 0.462. The number of rotatable bonds is 5. The minimum absolute atomic E-state index is 0.421. The Labute approximate surface area is 164 Å². The zero-order chi connectivity index (χ0) is 20.5. The van der Waals surface area contributed by atoms with Gasteiger partial charge in [-0.25, -0.2) is 4.98 Å². The number of hydrogen-bond acceptors (Lipinski definition) is 7. The van der Waals surface area contributed by atoms with Gasteiger partial charge in [-0.2, -0.15) is 0 Å². The second-order valence-corrected chi connectivity index (χ2v) is 8.14. The molecule has 0 unspecified atom stereocenters. The Bertz CT molecular complexity index is 852. The lowest BCUT2D eigenvalue weighted by Gasteiger charge is -2.43. The highest BCUT2D eigenvalue weighted by atomic mass is 16.5. The standard InChI is InChI=1S/C20H28N4O4/c1-20(2,3)24(19(26)27)15-11-23(12-16(15)25)10-8-13-7-9-21-14-5-6-17(28-4)22-18(13)14/h5-7,9,15-16,25H,8,10-12H2,1-4H3,(H,26,27)/p-1/t15-,16+/m0/s1. The van der Waals surface area contributed by atoms with Crippen LogP contribution in [0.25, 0.3) is 11.0 Å². The van der Waals surface area contributed by atoms with Gasteiger partial charge in [-0.1, -0.05) is 0 Å². The molecule has 2 aromatic rings. The van der Waals surface area contributed by atoms with Crippen molar-refractivity contribution in [1.82, 2.24) is 19.8 Å². The van der Waals surface area contributed by atoms with Gasteiger partial charge in [0.15, 0.2) is 0 Å². The fraction of sp³-hybridized carbons (Fsp3) is 0.550. The van der Waals surface area contributed by atoms with Gasteiger partial charge in [-0.15, -0.1) is 0 Å². The third-order valence-electron chi connectivity index (χ3n) is 5.13. The number of fused-ring (bicyclic) bond motifs is 1. The van der Waals surface area contributed by atoms with Crippen molar-refractivity contribution in [1.29, 1.82) is 0 Å². The summed E-state index contributed by atoms with van der Waals surface area (Å²) in [5.41, 5.74) is 1.99. The molecular weight excluding hydrogens is 360 g/mol. The van der Waals surface area contributed by atoms with Crippen molar-refractivity contribution < 1.29 is 19.7 Å². The summed E-state index contributed by atoms with van der Waals surface area (Å²) in [6.45, 7) is 6.98. The Morgan fingerprint density at radius 1 is 1.36 bits per heavy atom. The summed E-state index contributed by atoms with van der Waals surface area (Å²) in [5.74, 6) is 0.535. The molecule has 0 saturated carbocycles. The summed E-state index contributed by atoms with van der Waals surface area (Å²) in [7, 11) is 1.58. The first-order valence-electron chi connectivity index (χ1n) is 9.40. The van der Waals surface area contributed by atoms with E-state index < -0.39 is 23.8 Å². The van der Waals surface area contributed by atoms with Crippen LogP contribution in [-0.2, 0) is 6.42 Å². The minimum Gasteiger partial charge on any atom is -0.530 e. The lowest BCUT2D eigenvalue weighted by Crippen LogP contribution is -2.59. The predicted molar refractivity (Wildman–Crippen MR) is 103 cm³/mol. The van der Waals surface area contributed by atoms with E-state index in [9.17, 15) is 15.0 Å². The average Bonchev–Trinajstić information content (AvgIpc) is 2.98. The van der Waals surface area contributed by atoms with E-state index >= 15 is 0 Å². The molecule has 0 spiro atoms. The van der Waals surface area contributed by atoms with E-state index in [4.69, 9.17) is 4.74 Å². The molecular formula is C20H27N4O4-. The van der Waals surface area contributed by atoms with Gasteiger partial charge in [0, 0.05) is 37.4 Å². The molecule has 1 amide bonds. The molecule has 0 radical (unpaired) electrons. The smallest absolute Gasteiger partial charge is 0.213 e. The van der Waals surface area contributed by atoms with E-state index in [-0.39, 0.29) is 0 Å². The largest absolute Gasteiger partial charge is 0.530 e. The number of hydrogen-bond donors (Lipinski definition) is 1. The van der Waals surface area contributed by atoms with Gasteiger partial charge in [0.2, 0.25) is 5.88 Å². The number of aromatic nitrogens is 2. The molecule has 3 rings (SSSR count). The molecule has 0 aromatic carbocycles. The molecule has 1 fully saturated rings. The lowest BCUT2D eigenvalue weighted by molar-refractivity contribution is -0.274. The zero-order valence-electron chi connectivity index (χ0n) is 16.8. The molecule has 1 aliphatic rings. The Kier molecular flexibility index (Phi) is 5.71. The normalized spacial score (nSPS) is 20.5. The third kappa shape index (κ3) is 4.18. The Morgan fingerprint density at radius 2 is 2.11 bits per heavy atom. The van der Waals surface area contributed by atoms with Crippen molar-refractivity contribution in [2.24, 2.45) is 0 Å². The van der Waals surface area contributed by atoms with Crippen LogP contribution in [0.15, 0.2) is 24.4 Å². The molecule has 0 aliphatic carbocycles. The summed E-state index contributed by atoms with van der Waals surface area (Å²) in [4.78, 5) is 23.8. The summed E-state index contributed by atoms with van der Waals surface area (Å²) in [5, 5.41) is 22.1. The number of likely N-dealkylation sites (tertiary alicyclic amines) is 1. The van der Waals surface area contributed by atoms with E-state index in [1.165, 1.54) is 4.90 Å². The van der Waals surface area contributed by atoms with Gasteiger partial charge in [0.05, 0.1) is 30.3 Å². The molecule has 2 aromatic heterocycles. The highest BCUT2D eigenvalue weighted by Gasteiger charge is 2.39. The molecule has 152 valence electrons. The predicted octanol–water partition coefficient (Wildman–Crippen LogP) is 0.670. The van der Waals surface area contributed by atoms with E-state index in [0.29, 0.717) is 31.9 Å². The van der Waals surface area contributed by atoms with E-state index in [1.54, 1.807) is 40.1 Å². The SMILES string of the molecule is COc1ccc2nccc(CCN3C[C@@H](O)[C@@H](N(C(=O)[O-])C(C)(C)C)C3)c2n1. The number of ether oxygens (including phenoxy) is 1. The van der Waals surface area contributed by atoms with Crippen LogP contribution in [0.3, 0.4) is 0 Å². The summed E-state index contributed by atoms with van der Waals surface area (Å²) >= 11 is 0. The third-order valence-corrected chi connectivity index (χ3v) is 5.13. The maximum absolute atomic E-state index is 11.6. The second kappa shape index (κ2) is 7.89. The van der Waals surface area contributed by atoms with Gasteiger partial charge in [0.25, 0.3) is 0 Å². The maximum Gasteiger partial charge on any atom is 0.213 e. The Balaban J connectivity index is 1.72. The van der Waals surface area contributed by atoms with Crippen LogP contribution in [0.1, 0.15) is 26.3 Å². The molecule has 0 bridgehead atoms. The minimum atomic E-state index is -1.25. The number of amides is 1. The maximum atomic E-state index is 11.6. The van der Waals surface area contributed by atoms with Crippen LogP contribution < -0.4 is 9.84 Å². The monoisotopic (exact) mass is 387 g/mol. The van der Waals surface area contributed by atoms with Gasteiger partial charge in [-0.3, -0.25) is 9.88 Å². The number of nitrogens with zero attached hydrogens (tertiary/aromatic N) is 4. The molecule has 8 nitrogen and oxygen atoms in total. The van der Waals surface area contributed by atoms with Gasteiger partial charge >= 0.3 is 0 Å². The average molecular weight is 387 g/mol. The first kappa shape index (κ1) is 20.3. The van der Waals surface area contributed by atoms with Crippen LogP contribution >= 0.6 is 0 Å². The van der Waals surface area contributed by atoms with Crippen molar-refractivity contribution in [2.45, 2.75) is 44.9 Å². The fourth-order valence-electron chi connectivity index (χ4n) is 3.84. The van der Waals surface area contributed by atoms with Crippen LogP contribution in [0.2, 0.25) is 0 Å². The highest BCUT2D eigenvalue weighted by molar-refractivity contribution is 5.78. The van der Waals surface area contributed by atoms with Crippen molar-refractivity contribution >= 4 is 17.1 Å². The number of pyridine rings is 2. The van der Waals surface area contributed by atoms with Gasteiger partial charge in [-0.05, 0) is 44.9 Å². The summed E-state index contributed by atoms with van der Waals surface area (Å²) < 4.78 is 5.21. The number of carboxylic acid groups (broad SMARTS) is 1. The first-order valence-corrected chi connectivity index (χ1v) is 9.40. The molecule has 2 atom stereocenters. The number of carbonyl (C=O) groups excluding carboxylic acids is 1. The van der Waals surface area contributed by atoms with E-state index in [1.807, 2.05) is 12.1 Å². The van der Waals surface area contributed by atoms with Crippen molar-refractivity contribution in [3.8, 4) is 5.88 Å². The van der Waals surface area contributed by atoms with Crippen molar-refractivity contribution in [3.63, 3.8) is 0 Å². The van der Waals surface area contributed by atoms with E-state index in [0.717, 1.165) is 16.6 Å². The number of β-amino-alcohol motifs (C(OH)–C–C–N with tert-alkyl or cyclic N) is 1. The molecule has 1 aliphatic heterocycles. The molecule has 8 heteroatoms. The van der Waals surface area contributed by atoms with E-state index in [2.05, 4.69) is 14.9 Å². The highest BCUT2D eigenvalue weighted by Crippen LogP contribution is 2.25. The summed E-state index contributed by atoms with van der Waals surface area (Å²) in [6, 6.07) is 5.09. The quantitative estimate of drug-likeness (QED) is 0.804. The van der Waals surface area contributed by atoms with Crippen LogP contribution in [0.5, 0.6) is 5.88 Å². The van der Waals surface area contributed by atoms with Crippen LogP contribution in [0.4, 0.5) is 4.79 Å². The number of aliphatic hydroxyl groups excluding tert-OH is 1. The first-order chi connectivity index (χ1) is 13.2. The van der Waals surface area contributed by atoms with Crippen molar-refractivity contribution in [3.05, 3.63) is 30.0 Å². The Morgan fingerprint density at radius 3 is 2.75 bits per heavy atom. The molecule has 28 heavy (non-hydrogen) atoms. The van der Waals surface area contributed by atoms with Gasteiger partial charge < -0.3 is 24.6 Å². The van der Waals surface area contributed by atoms with Crippen molar-refractivity contribution in [2.75, 3.05) is 26.7 Å². The molecule has 3 heterocycles. The van der Waals surface area contributed by atoms with Gasteiger partial charge in [0.1, 0.15) is 6.09 Å². The number of carbonyl (C=O) groups is 1. The number of aliphatic hydroxyl groups is 1. The molecule has 1 saturated heterocycles. The number of methoxy groups -OCH3 is 1. The lowest BCUT2D eigenvalue weighted by atomic mass is 10.0. The fourth-order valence-corrected chi connectivity index (χ4v) is 3.84. The molecule has 1 N–H and O–H groups in total.